The molecule has 0 unspecified atom stereocenters. The van der Waals surface area contributed by atoms with E-state index in [1.54, 1.807) is 4.90 Å². The maximum absolute atomic E-state index is 13.6. The van der Waals surface area contributed by atoms with Crippen molar-refractivity contribution in [2.24, 2.45) is 0 Å². The number of sulfonamides is 1. The van der Waals surface area contributed by atoms with Crippen molar-refractivity contribution in [3.8, 4) is 0 Å². The predicted molar refractivity (Wildman–Crippen MR) is 72.0 cm³/mol. The number of benzene rings is 1. The zero-order valence-electron chi connectivity index (χ0n) is 11.5. The quantitative estimate of drug-likeness (QED) is 0.912. The maximum Gasteiger partial charge on any atom is 0.243 e. The average molecular weight is 318 g/mol. The van der Waals surface area contributed by atoms with Gasteiger partial charge in [0.25, 0.3) is 0 Å². The van der Waals surface area contributed by atoms with Crippen molar-refractivity contribution in [3.05, 3.63) is 29.8 Å². The second-order valence-corrected chi connectivity index (χ2v) is 6.66. The summed E-state index contributed by atoms with van der Waals surface area (Å²) in [4.78, 5) is 12.2. The van der Waals surface area contributed by atoms with E-state index in [9.17, 15) is 22.0 Å². The molecule has 0 aromatic heterocycles. The largest absolute Gasteiger partial charge is 0.343 e. The average Bonchev–Trinajstić information content (AvgIpc) is 2.38. The highest BCUT2D eigenvalue weighted by molar-refractivity contribution is 7.89. The fraction of sp³-hybridized carbons (Fsp3) is 0.462. The standard InChI is InChI=1S/C13H16F2N2O3S/c1-9(18)17-6-4-11(5-7-17)16-21(19,20)13-3-2-10(14)8-12(13)15/h2-3,8,11,16H,4-7H2,1H3. The van der Waals surface area contributed by atoms with Crippen LogP contribution >= 0.6 is 0 Å². The first-order valence-corrected chi connectivity index (χ1v) is 8.01. The normalized spacial score (nSPS) is 17.0. The second-order valence-electron chi connectivity index (χ2n) is 4.98. The Balaban J connectivity index is 2.07. The highest BCUT2D eigenvalue weighted by Crippen LogP contribution is 2.18. The van der Waals surface area contributed by atoms with Gasteiger partial charge in [-0.2, -0.15) is 0 Å². The fourth-order valence-electron chi connectivity index (χ4n) is 2.29. The van der Waals surface area contributed by atoms with E-state index in [1.807, 2.05) is 0 Å². The molecular weight excluding hydrogens is 302 g/mol. The van der Waals surface area contributed by atoms with Crippen LogP contribution < -0.4 is 4.72 Å². The fourth-order valence-corrected chi connectivity index (χ4v) is 3.65. The van der Waals surface area contributed by atoms with Crippen LogP contribution in [0.15, 0.2) is 23.1 Å². The molecule has 0 radical (unpaired) electrons. The Labute approximate surface area is 122 Å². The second kappa shape index (κ2) is 6.07. The lowest BCUT2D eigenvalue weighted by atomic mass is 10.1. The minimum Gasteiger partial charge on any atom is -0.343 e. The molecule has 1 saturated heterocycles. The zero-order valence-corrected chi connectivity index (χ0v) is 12.3. The van der Waals surface area contributed by atoms with Crippen molar-refractivity contribution < 1.29 is 22.0 Å². The molecule has 5 nitrogen and oxygen atoms in total. The van der Waals surface area contributed by atoms with E-state index in [2.05, 4.69) is 4.72 Å². The first-order valence-electron chi connectivity index (χ1n) is 6.52. The number of nitrogens with zero attached hydrogens (tertiary/aromatic N) is 1. The number of halogens is 2. The molecule has 0 atom stereocenters. The van der Waals surface area contributed by atoms with Crippen LogP contribution in [-0.4, -0.2) is 38.4 Å². The summed E-state index contributed by atoms with van der Waals surface area (Å²) in [6, 6.07) is 1.97. The molecule has 8 heteroatoms. The molecule has 1 aliphatic rings. The minimum absolute atomic E-state index is 0.0547. The molecule has 0 spiro atoms. The lowest BCUT2D eigenvalue weighted by Crippen LogP contribution is -2.46. The number of amides is 1. The third-order valence-electron chi connectivity index (χ3n) is 3.45. The van der Waals surface area contributed by atoms with Gasteiger partial charge in [-0.25, -0.2) is 21.9 Å². The molecule has 1 aromatic rings. The van der Waals surface area contributed by atoms with Gasteiger partial charge in [-0.05, 0) is 25.0 Å². The molecule has 116 valence electrons. The van der Waals surface area contributed by atoms with Crippen LogP contribution in [0.1, 0.15) is 19.8 Å². The number of rotatable bonds is 3. The number of hydrogen-bond donors (Lipinski definition) is 1. The summed E-state index contributed by atoms with van der Waals surface area (Å²) in [7, 11) is -4.04. The number of carbonyl (C=O) groups is 1. The van der Waals surface area contributed by atoms with Gasteiger partial charge in [0.05, 0.1) is 0 Å². The zero-order chi connectivity index (χ0) is 15.6. The maximum atomic E-state index is 13.6. The molecule has 1 aromatic carbocycles. The van der Waals surface area contributed by atoms with Gasteiger partial charge in [0.1, 0.15) is 16.5 Å². The number of nitrogens with one attached hydrogen (secondary N) is 1. The van der Waals surface area contributed by atoms with E-state index < -0.39 is 26.6 Å². The SMILES string of the molecule is CC(=O)N1CCC(NS(=O)(=O)c2ccc(F)cc2F)CC1. The van der Waals surface area contributed by atoms with Crippen LogP contribution in [0, 0.1) is 11.6 Å². The third-order valence-corrected chi connectivity index (χ3v) is 5.00. The molecule has 0 saturated carbocycles. The van der Waals surface area contributed by atoms with E-state index in [4.69, 9.17) is 0 Å². The number of likely N-dealkylation sites (tertiary alicyclic amines) is 1. The third kappa shape index (κ3) is 3.76. The lowest BCUT2D eigenvalue weighted by Gasteiger charge is -2.31. The van der Waals surface area contributed by atoms with Crippen molar-refractivity contribution in [2.75, 3.05) is 13.1 Å². The van der Waals surface area contributed by atoms with E-state index in [-0.39, 0.29) is 11.9 Å². The van der Waals surface area contributed by atoms with Crippen LogP contribution in [0.2, 0.25) is 0 Å². The molecule has 0 aliphatic carbocycles. The minimum atomic E-state index is -4.04. The Morgan fingerprint density at radius 1 is 1.29 bits per heavy atom. The molecule has 21 heavy (non-hydrogen) atoms. The topological polar surface area (TPSA) is 66.5 Å². The van der Waals surface area contributed by atoms with Gasteiger partial charge in [-0.3, -0.25) is 4.79 Å². The first-order chi connectivity index (χ1) is 9.79. The van der Waals surface area contributed by atoms with Crippen LogP contribution in [0.4, 0.5) is 8.78 Å². The van der Waals surface area contributed by atoms with Gasteiger partial charge in [-0.1, -0.05) is 0 Å². The molecule has 2 rings (SSSR count). The summed E-state index contributed by atoms with van der Waals surface area (Å²) in [5.41, 5.74) is 0. The monoisotopic (exact) mass is 318 g/mol. The summed E-state index contributed by atoms with van der Waals surface area (Å²) in [5.74, 6) is -2.01. The Bertz CT molecular complexity index is 641. The summed E-state index contributed by atoms with van der Waals surface area (Å²) < 4.78 is 53.0. The number of piperidine rings is 1. The number of hydrogen-bond acceptors (Lipinski definition) is 3. The first kappa shape index (κ1) is 15.8. The van der Waals surface area contributed by atoms with E-state index in [0.29, 0.717) is 32.0 Å². The van der Waals surface area contributed by atoms with E-state index >= 15 is 0 Å². The molecular formula is C13H16F2N2O3S. The number of carbonyl (C=O) groups excluding carboxylic acids is 1. The van der Waals surface area contributed by atoms with Crippen molar-refractivity contribution in [2.45, 2.75) is 30.7 Å². The van der Waals surface area contributed by atoms with E-state index in [1.165, 1.54) is 6.92 Å². The van der Waals surface area contributed by atoms with Gasteiger partial charge >= 0.3 is 0 Å². The van der Waals surface area contributed by atoms with Crippen molar-refractivity contribution in [3.63, 3.8) is 0 Å². The molecule has 1 fully saturated rings. The van der Waals surface area contributed by atoms with Crippen LogP contribution in [0.25, 0.3) is 0 Å². The molecule has 0 bridgehead atoms. The van der Waals surface area contributed by atoms with Gasteiger partial charge in [0.2, 0.25) is 15.9 Å². The van der Waals surface area contributed by atoms with Crippen LogP contribution in [0.5, 0.6) is 0 Å². The Kier molecular flexibility index (Phi) is 4.58. The lowest BCUT2D eigenvalue weighted by molar-refractivity contribution is -0.129. The van der Waals surface area contributed by atoms with Crippen molar-refractivity contribution in [1.29, 1.82) is 0 Å². The van der Waals surface area contributed by atoms with Crippen LogP contribution in [-0.2, 0) is 14.8 Å². The summed E-state index contributed by atoms with van der Waals surface area (Å²) >= 11 is 0. The highest BCUT2D eigenvalue weighted by atomic mass is 32.2. The summed E-state index contributed by atoms with van der Waals surface area (Å²) in [5, 5.41) is 0. The Morgan fingerprint density at radius 3 is 2.43 bits per heavy atom. The molecule has 1 heterocycles. The Morgan fingerprint density at radius 2 is 1.90 bits per heavy atom. The predicted octanol–water partition coefficient (Wildman–Crippen LogP) is 1.25. The van der Waals surface area contributed by atoms with Gasteiger partial charge in [0, 0.05) is 32.1 Å². The van der Waals surface area contributed by atoms with Gasteiger partial charge < -0.3 is 4.90 Å². The van der Waals surface area contributed by atoms with Gasteiger partial charge in [0.15, 0.2) is 0 Å². The molecule has 1 aliphatic heterocycles. The van der Waals surface area contributed by atoms with Crippen molar-refractivity contribution >= 4 is 15.9 Å². The summed E-state index contributed by atoms with van der Waals surface area (Å²) in [6.07, 6.45) is 0.920. The van der Waals surface area contributed by atoms with Crippen molar-refractivity contribution in [1.82, 2.24) is 9.62 Å². The molecule has 1 N–H and O–H groups in total. The van der Waals surface area contributed by atoms with Crippen LogP contribution in [0.3, 0.4) is 0 Å². The highest BCUT2D eigenvalue weighted by Gasteiger charge is 2.27. The molecule has 1 amide bonds. The smallest absolute Gasteiger partial charge is 0.243 e. The van der Waals surface area contributed by atoms with E-state index in [0.717, 1.165) is 12.1 Å². The Hall–Kier alpha value is -1.54. The van der Waals surface area contributed by atoms with Gasteiger partial charge in [-0.15, -0.1) is 0 Å². The summed E-state index contributed by atoms with van der Waals surface area (Å²) in [6.45, 7) is 2.36.